The molecule has 0 radical (unpaired) electrons. The molecule has 0 unspecified atom stereocenters. The molecule has 1 rings (SSSR count). The first-order chi connectivity index (χ1) is 6.36. The van der Waals surface area contributed by atoms with Crippen molar-refractivity contribution in [2.45, 2.75) is 25.7 Å². The maximum Gasteiger partial charge on any atom is 0.0773 e. The van der Waals surface area contributed by atoms with Gasteiger partial charge in [0.25, 0.3) is 0 Å². The molecular formula is C10H19NO2. The van der Waals surface area contributed by atoms with Crippen LogP contribution in [0, 0.1) is 11.8 Å². The minimum absolute atomic E-state index is 0.346. The lowest BCUT2D eigenvalue weighted by molar-refractivity contribution is 0.0257. The molecule has 3 nitrogen and oxygen atoms in total. The van der Waals surface area contributed by atoms with E-state index in [1.165, 1.54) is 12.8 Å². The second kappa shape index (κ2) is 6.00. The molecule has 76 valence electrons. The monoisotopic (exact) mass is 185 g/mol. The van der Waals surface area contributed by atoms with Crippen molar-refractivity contribution in [2.75, 3.05) is 13.2 Å². The minimum atomic E-state index is 0.346. The third kappa shape index (κ3) is 3.79. The number of rotatable bonds is 5. The van der Waals surface area contributed by atoms with Gasteiger partial charge in [-0.3, -0.25) is 10.3 Å². The Labute approximate surface area is 79.7 Å². The maximum atomic E-state index is 8.93. The van der Waals surface area contributed by atoms with Gasteiger partial charge in [-0.1, -0.05) is 6.58 Å². The van der Waals surface area contributed by atoms with Crippen molar-refractivity contribution in [2.24, 2.45) is 11.8 Å². The molecule has 0 amide bonds. The zero-order valence-electron chi connectivity index (χ0n) is 8.04. The molecule has 1 aliphatic carbocycles. The van der Waals surface area contributed by atoms with Gasteiger partial charge in [-0.05, 0) is 37.5 Å². The first kappa shape index (κ1) is 10.5. The van der Waals surface area contributed by atoms with E-state index >= 15 is 0 Å². The Hall–Kier alpha value is -0.540. The highest BCUT2D eigenvalue weighted by molar-refractivity contribution is 4.71. The van der Waals surface area contributed by atoms with Crippen LogP contribution in [0.15, 0.2) is 12.8 Å². The van der Waals surface area contributed by atoms with Crippen LogP contribution in [0.25, 0.3) is 0 Å². The average molecular weight is 185 g/mol. The second-order valence-electron chi connectivity index (χ2n) is 3.70. The van der Waals surface area contributed by atoms with Crippen LogP contribution in [0.4, 0.5) is 0 Å². The SMILES string of the molecule is C=CNOCC1CCC(CO)CC1. The summed E-state index contributed by atoms with van der Waals surface area (Å²) in [5.74, 6) is 1.18. The summed E-state index contributed by atoms with van der Waals surface area (Å²) in [4.78, 5) is 5.16. The zero-order chi connectivity index (χ0) is 9.52. The van der Waals surface area contributed by atoms with Crippen LogP contribution in [0.5, 0.6) is 0 Å². The Morgan fingerprint density at radius 1 is 1.31 bits per heavy atom. The van der Waals surface area contributed by atoms with Gasteiger partial charge in [-0.2, -0.15) is 0 Å². The van der Waals surface area contributed by atoms with Gasteiger partial charge in [0.2, 0.25) is 0 Å². The van der Waals surface area contributed by atoms with Gasteiger partial charge in [0.15, 0.2) is 0 Å². The van der Waals surface area contributed by atoms with E-state index in [4.69, 9.17) is 9.94 Å². The fourth-order valence-electron chi connectivity index (χ4n) is 1.81. The summed E-state index contributed by atoms with van der Waals surface area (Å²) in [5.41, 5.74) is 2.64. The van der Waals surface area contributed by atoms with Crippen molar-refractivity contribution in [3.63, 3.8) is 0 Å². The van der Waals surface area contributed by atoms with Crippen molar-refractivity contribution >= 4 is 0 Å². The van der Waals surface area contributed by atoms with E-state index in [0.717, 1.165) is 19.4 Å². The van der Waals surface area contributed by atoms with Crippen LogP contribution in [0.3, 0.4) is 0 Å². The quantitative estimate of drug-likeness (QED) is 0.503. The van der Waals surface area contributed by atoms with Gasteiger partial charge in [0.05, 0.1) is 6.61 Å². The summed E-state index contributed by atoms with van der Waals surface area (Å²) in [6.07, 6.45) is 6.16. The lowest BCUT2D eigenvalue weighted by atomic mass is 9.83. The summed E-state index contributed by atoms with van der Waals surface area (Å²) >= 11 is 0. The number of aliphatic hydroxyl groups excluding tert-OH is 1. The maximum absolute atomic E-state index is 8.93. The highest BCUT2D eigenvalue weighted by Gasteiger charge is 2.20. The molecule has 0 spiro atoms. The molecule has 1 saturated carbocycles. The van der Waals surface area contributed by atoms with E-state index in [1.807, 2.05) is 0 Å². The second-order valence-corrected chi connectivity index (χ2v) is 3.70. The molecule has 1 aliphatic rings. The highest BCUT2D eigenvalue weighted by atomic mass is 16.6. The fraction of sp³-hybridized carbons (Fsp3) is 0.800. The molecule has 3 heteroatoms. The van der Waals surface area contributed by atoms with Gasteiger partial charge in [0.1, 0.15) is 0 Å². The number of nitrogens with one attached hydrogen (secondary N) is 1. The fourth-order valence-corrected chi connectivity index (χ4v) is 1.81. The van der Waals surface area contributed by atoms with Crippen LogP contribution in [0.1, 0.15) is 25.7 Å². The summed E-state index contributed by atoms with van der Waals surface area (Å²) in [5, 5.41) is 8.93. The summed E-state index contributed by atoms with van der Waals surface area (Å²) < 4.78 is 0. The predicted octanol–water partition coefficient (Wildman–Crippen LogP) is 1.45. The highest BCUT2D eigenvalue weighted by Crippen LogP contribution is 2.28. The molecule has 0 aromatic rings. The smallest absolute Gasteiger partial charge is 0.0773 e. The molecule has 2 N–H and O–H groups in total. The van der Waals surface area contributed by atoms with Crippen molar-refractivity contribution in [3.05, 3.63) is 12.8 Å². The Bertz CT molecular complexity index is 142. The lowest BCUT2D eigenvalue weighted by Gasteiger charge is -2.26. The molecule has 0 bridgehead atoms. The number of hydrogen-bond acceptors (Lipinski definition) is 3. The Morgan fingerprint density at radius 2 is 1.92 bits per heavy atom. The first-order valence-electron chi connectivity index (χ1n) is 4.96. The standard InChI is InChI=1S/C10H19NO2/c1-2-11-13-8-10-5-3-9(7-12)4-6-10/h2,9-12H,1,3-8H2. The molecule has 0 heterocycles. The molecule has 0 aromatic carbocycles. The molecule has 0 aromatic heterocycles. The largest absolute Gasteiger partial charge is 0.396 e. The topological polar surface area (TPSA) is 41.5 Å². The van der Waals surface area contributed by atoms with Crippen LogP contribution in [-0.2, 0) is 4.84 Å². The molecule has 0 aliphatic heterocycles. The average Bonchev–Trinajstić information content (AvgIpc) is 2.19. The van der Waals surface area contributed by atoms with E-state index < -0.39 is 0 Å². The predicted molar refractivity (Wildman–Crippen MR) is 51.8 cm³/mol. The van der Waals surface area contributed by atoms with Crippen molar-refractivity contribution in [3.8, 4) is 0 Å². The van der Waals surface area contributed by atoms with Crippen LogP contribution in [0.2, 0.25) is 0 Å². The van der Waals surface area contributed by atoms with E-state index in [2.05, 4.69) is 12.1 Å². The Kier molecular flexibility index (Phi) is 4.86. The van der Waals surface area contributed by atoms with Gasteiger partial charge >= 0.3 is 0 Å². The van der Waals surface area contributed by atoms with Crippen molar-refractivity contribution < 1.29 is 9.94 Å². The zero-order valence-corrected chi connectivity index (χ0v) is 8.04. The normalized spacial score (nSPS) is 28.4. The molecule has 13 heavy (non-hydrogen) atoms. The third-order valence-corrected chi connectivity index (χ3v) is 2.71. The summed E-state index contributed by atoms with van der Waals surface area (Å²) in [6.45, 7) is 4.60. The van der Waals surface area contributed by atoms with E-state index in [0.29, 0.717) is 18.4 Å². The van der Waals surface area contributed by atoms with Crippen LogP contribution < -0.4 is 5.48 Å². The van der Waals surface area contributed by atoms with Gasteiger partial charge in [-0.25, -0.2) is 0 Å². The Balaban J connectivity index is 2.06. The molecular weight excluding hydrogens is 166 g/mol. The number of hydrogen-bond donors (Lipinski definition) is 2. The molecule has 0 atom stereocenters. The lowest BCUT2D eigenvalue weighted by Crippen LogP contribution is -2.22. The summed E-state index contributed by atoms with van der Waals surface area (Å²) in [6, 6.07) is 0. The molecule has 0 saturated heterocycles. The molecule has 1 fully saturated rings. The van der Waals surface area contributed by atoms with E-state index in [9.17, 15) is 0 Å². The first-order valence-corrected chi connectivity index (χ1v) is 4.96. The van der Waals surface area contributed by atoms with Crippen molar-refractivity contribution in [1.82, 2.24) is 5.48 Å². The number of hydroxylamine groups is 1. The van der Waals surface area contributed by atoms with E-state index in [-0.39, 0.29) is 0 Å². The third-order valence-electron chi connectivity index (χ3n) is 2.71. The van der Waals surface area contributed by atoms with Crippen molar-refractivity contribution in [1.29, 1.82) is 0 Å². The van der Waals surface area contributed by atoms with Gasteiger partial charge < -0.3 is 5.11 Å². The number of aliphatic hydroxyl groups is 1. The van der Waals surface area contributed by atoms with Gasteiger partial charge in [0, 0.05) is 12.8 Å². The minimum Gasteiger partial charge on any atom is -0.396 e. The van der Waals surface area contributed by atoms with Gasteiger partial charge in [-0.15, -0.1) is 0 Å². The Morgan fingerprint density at radius 3 is 2.46 bits per heavy atom. The van der Waals surface area contributed by atoms with E-state index in [1.54, 1.807) is 6.20 Å². The van der Waals surface area contributed by atoms with Crippen LogP contribution in [-0.4, -0.2) is 18.3 Å². The van der Waals surface area contributed by atoms with Crippen LogP contribution >= 0.6 is 0 Å². The summed E-state index contributed by atoms with van der Waals surface area (Å²) in [7, 11) is 0.